The highest BCUT2D eigenvalue weighted by Gasteiger charge is 2.12. The van der Waals surface area contributed by atoms with Crippen LogP contribution in [-0.4, -0.2) is 22.5 Å². The van der Waals surface area contributed by atoms with Gasteiger partial charge in [-0.2, -0.15) is 0 Å². The normalized spacial score (nSPS) is 10.7. The van der Waals surface area contributed by atoms with Crippen LogP contribution in [0.2, 0.25) is 0 Å². The van der Waals surface area contributed by atoms with Crippen LogP contribution in [0.5, 0.6) is 5.75 Å². The summed E-state index contributed by atoms with van der Waals surface area (Å²) in [6.45, 7) is 4.20. The van der Waals surface area contributed by atoms with Gasteiger partial charge in [-0.3, -0.25) is 9.78 Å². The Morgan fingerprint density at radius 2 is 2.00 bits per heavy atom. The average Bonchev–Trinajstić information content (AvgIpc) is 2.75. The number of ether oxygens (including phenoxy) is 1. The van der Waals surface area contributed by atoms with Gasteiger partial charge in [0.1, 0.15) is 5.69 Å². The number of carbonyl (C=O) groups excluding carboxylic acids is 1. The average molecular weight is 393 g/mol. The Morgan fingerprint density at radius 1 is 1.10 bits per heavy atom. The third-order valence-corrected chi connectivity index (χ3v) is 4.48. The van der Waals surface area contributed by atoms with E-state index in [1.807, 2.05) is 6.08 Å². The molecule has 0 aliphatic carbocycles. The van der Waals surface area contributed by atoms with E-state index in [-0.39, 0.29) is 23.9 Å². The van der Waals surface area contributed by atoms with E-state index < -0.39 is 5.82 Å². The van der Waals surface area contributed by atoms with E-state index in [0.29, 0.717) is 23.2 Å². The first-order valence-electron chi connectivity index (χ1n) is 9.70. The Morgan fingerprint density at radius 3 is 2.86 bits per heavy atom. The molecule has 3 rings (SSSR count). The molecule has 2 aromatic heterocycles. The second-order valence-corrected chi connectivity index (χ2v) is 6.64. The monoisotopic (exact) mass is 393 g/mol. The Balaban J connectivity index is 1.56. The Bertz CT molecular complexity index is 991. The number of fused-ring (bicyclic) bond motifs is 1. The molecule has 150 valence electrons. The van der Waals surface area contributed by atoms with Gasteiger partial charge in [0.05, 0.1) is 17.6 Å². The Labute approximate surface area is 169 Å². The van der Waals surface area contributed by atoms with Gasteiger partial charge < -0.3 is 10.1 Å². The summed E-state index contributed by atoms with van der Waals surface area (Å²) >= 11 is 0. The number of unbranched alkanes of at least 4 members (excludes halogenated alkanes) is 3. The largest absolute Gasteiger partial charge is 0.491 e. The van der Waals surface area contributed by atoms with Crippen LogP contribution in [0.15, 0.2) is 61.3 Å². The van der Waals surface area contributed by atoms with Crippen molar-refractivity contribution in [3.05, 3.63) is 78.4 Å². The standard InChI is InChI=1S/C23H24FN3O2/c1-2-3-4-5-6-15-29-21-11-7-9-17(22(21)24)16-26-23(28)20-13-12-18-19(27-20)10-8-14-25-18/h2,7-14H,1,3-6,15-16H2,(H,26,28). The maximum absolute atomic E-state index is 14.7. The summed E-state index contributed by atoms with van der Waals surface area (Å²) < 4.78 is 20.2. The summed E-state index contributed by atoms with van der Waals surface area (Å²) in [5, 5.41) is 2.71. The van der Waals surface area contributed by atoms with Crippen molar-refractivity contribution < 1.29 is 13.9 Å². The molecule has 0 radical (unpaired) electrons. The van der Waals surface area contributed by atoms with E-state index >= 15 is 0 Å². The highest BCUT2D eigenvalue weighted by Crippen LogP contribution is 2.21. The number of hydrogen-bond donors (Lipinski definition) is 1. The third kappa shape index (κ3) is 5.60. The van der Waals surface area contributed by atoms with Gasteiger partial charge in [0.2, 0.25) is 0 Å². The third-order valence-electron chi connectivity index (χ3n) is 4.48. The predicted molar refractivity (Wildman–Crippen MR) is 111 cm³/mol. The topological polar surface area (TPSA) is 64.1 Å². The molecule has 0 bridgehead atoms. The predicted octanol–water partition coefficient (Wildman–Crippen LogP) is 4.82. The number of halogens is 1. The van der Waals surface area contributed by atoms with Gasteiger partial charge in [0, 0.05) is 18.3 Å². The lowest BCUT2D eigenvalue weighted by molar-refractivity contribution is 0.0946. The van der Waals surface area contributed by atoms with Gasteiger partial charge in [-0.05, 0) is 56.0 Å². The quantitative estimate of drug-likeness (QED) is 0.396. The fraction of sp³-hybridized carbons (Fsp3) is 0.261. The highest BCUT2D eigenvalue weighted by molar-refractivity contribution is 5.94. The van der Waals surface area contributed by atoms with Crippen LogP contribution in [0.3, 0.4) is 0 Å². The van der Waals surface area contributed by atoms with Gasteiger partial charge >= 0.3 is 0 Å². The van der Waals surface area contributed by atoms with Gasteiger partial charge in [-0.25, -0.2) is 9.37 Å². The minimum atomic E-state index is -0.449. The van der Waals surface area contributed by atoms with Crippen molar-refractivity contribution in [1.29, 1.82) is 0 Å². The molecule has 0 aliphatic rings. The van der Waals surface area contributed by atoms with Crippen molar-refractivity contribution in [2.24, 2.45) is 0 Å². The smallest absolute Gasteiger partial charge is 0.270 e. The van der Waals surface area contributed by atoms with E-state index in [0.717, 1.165) is 25.7 Å². The molecule has 6 heteroatoms. The molecular weight excluding hydrogens is 369 g/mol. The molecule has 5 nitrogen and oxygen atoms in total. The highest BCUT2D eigenvalue weighted by atomic mass is 19.1. The molecular formula is C23H24FN3O2. The first-order valence-corrected chi connectivity index (χ1v) is 9.70. The van der Waals surface area contributed by atoms with E-state index in [1.165, 1.54) is 0 Å². The van der Waals surface area contributed by atoms with Crippen LogP contribution in [0.25, 0.3) is 11.0 Å². The molecule has 29 heavy (non-hydrogen) atoms. The molecule has 3 aromatic rings. The number of nitrogens with zero attached hydrogens (tertiary/aromatic N) is 2. The lowest BCUT2D eigenvalue weighted by atomic mass is 10.2. The van der Waals surface area contributed by atoms with Crippen LogP contribution >= 0.6 is 0 Å². The summed E-state index contributed by atoms with van der Waals surface area (Å²) in [7, 11) is 0. The fourth-order valence-corrected chi connectivity index (χ4v) is 2.90. The number of pyridine rings is 2. The maximum atomic E-state index is 14.7. The maximum Gasteiger partial charge on any atom is 0.270 e. The summed E-state index contributed by atoms with van der Waals surface area (Å²) in [4.78, 5) is 20.9. The van der Waals surface area contributed by atoms with Crippen LogP contribution in [0, 0.1) is 5.82 Å². The lowest BCUT2D eigenvalue weighted by Crippen LogP contribution is -2.24. The number of carbonyl (C=O) groups is 1. The number of benzene rings is 1. The summed E-state index contributed by atoms with van der Waals surface area (Å²) in [6, 6.07) is 11.8. The second kappa shape index (κ2) is 10.3. The van der Waals surface area contributed by atoms with E-state index in [4.69, 9.17) is 4.74 Å². The van der Waals surface area contributed by atoms with Crippen LogP contribution in [0.1, 0.15) is 41.7 Å². The first-order chi connectivity index (χ1) is 14.2. The number of hydrogen-bond acceptors (Lipinski definition) is 4. The van der Waals surface area contributed by atoms with E-state index in [2.05, 4.69) is 21.9 Å². The summed E-state index contributed by atoms with van der Waals surface area (Å²) in [6.07, 6.45) is 7.46. The van der Waals surface area contributed by atoms with Gasteiger partial charge in [0.25, 0.3) is 5.91 Å². The van der Waals surface area contributed by atoms with Crippen LogP contribution < -0.4 is 10.1 Å². The van der Waals surface area contributed by atoms with Gasteiger partial charge in [-0.15, -0.1) is 6.58 Å². The number of allylic oxidation sites excluding steroid dienone is 1. The zero-order valence-electron chi connectivity index (χ0n) is 16.2. The minimum Gasteiger partial charge on any atom is -0.491 e. The zero-order valence-corrected chi connectivity index (χ0v) is 16.2. The van der Waals surface area contributed by atoms with Gasteiger partial charge in [-0.1, -0.05) is 18.2 Å². The second-order valence-electron chi connectivity index (χ2n) is 6.64. The zero-order chi connectivity index (χ0) is 20.5. The number of amides is 1. The first kappa shape index (κ1) is 20.5. The summed E-state index contributed by atoms with van der Waals surface area (Å²) in [5.41, 5.74) is 1.97. The van der Waals surface area contributed by atoms with Crippen LogP contribution in [-0.2, 0) is 6.54 Å². The molecule has 0 saturated heterocycles. The summed E-state index contributed by atoms with van der Waals surface area (Å²) in [5.74, 6) is -0.617. The number of rotatable bonds is 10. The lowest BCUT2D eigenvalue weighted by Gasteiger charge is -2.11. The molecule has 0 aliphatic heterocycles. The molecule has 0 atom stereocenters. The van der Waals surface area contributed by atoms with Crippen molar-refractivity contribution in [3.63, 3.8) is 0 Å². The molecule has 0 unspecified atom stereocenters. The van der Waals surface area contributed by atoms with E-state index in [9.17, 15) is 9.18 Å². The molecule has 2 heterocycles. The number of aromatic nitrogens is 2. The van der Waals surface area contributed by atoms with Crippen LogP contribution in [0.4, 0.5) is 4.39 Å². The fourth-order valence-electron chi connectivity index (χ4n) is 2.90. The van der Waals surface area contributed by atoms with Crippen molar-refractivity contribution >= 4 is 16.9 Å². The molecule has 1 N–H and O–H groups in total. The molecule has 0 fully saturated rings. The molecule has 1 aromatic carbocycles. The molecule has 0 saturated carbocycles. The Kier molecular flexibility index (Phi) is 7.28. The van der Waals surface area contributed by atoms with E-state index in [1.54, 1.807) is 48.7 Å². The van der Waals surface area contributed by atoms with Crippen molar-refractivity contribution in [2.45, 2.75) is 32.2 Å². The SMILES string of the molecule is C=CCCCCCOc1cccc(CNC(=O)c2ccc3ncccc3n2)c1F. The molecule has 1 amide bonds. The van der Waals surface area contributed by atoms with Crippen molar-refractivity contribution in [2.75, 3.05) is 6.61 Å². The molecule has 0 spiro atoms. The minimum absolute atomic E-state index is 0.0496. The Hall–Kier alpha value is -3.28. The number of nitrogens with one attached hydrogen (secondary N) is 1. The van der Waals surface area contributed by atoms with Crippen molar-refractivity contribution in [3.8, 4) is 5.75 Å². The van der Waals surface area contributed by atoms with Gasteiger partial charge in [0.15, 0.2) is 11.6 Å². The van der Waals surface area contributed by atoms with Crippen molar-refractivity contribution in [1.82, 2.24) is 15.3 Å².